The van der Waals surface area contributed by atoms with Crippen LogP contribution in [-0.2, 0) is 0 Å². The van der Waals surface area contributed by atoms with Crippen molar-refractivity contribution in [2.45, 2.75) is 25.8 Å². The second-order valence-electron chi connectivity index (χ2n) is 4.69. The Morgan fingerprint density at radius 1 is 1.58 bits per heavy atom. The Morgan fingerprint density at radius 3 is 2.79 bits per heavy atom. The molecule has 1 aliphatic heterocycles. The summed E-state index contributed by atoms with van der Waals surface area (Å²) in [4.78, 5) is 19.7. The number of nitrogens with zero attached hydrogens (tertiary/aromatic N) is 3. The van der Waals surface area contributed by atoms with E-state index in [0.717, 1.165) is 32.5 Å². The number of hydrogen-bond acceptors (Lipinski definition) is 3. The number of likely N-dealkylation sites (tertiary alicyclic amines) is 1. The maximum Gasteiger partial charge on any atom is 0.319 e. The van der Waals surface area contributed by atoms with Crippen LogP contribution in [0.5, 0.6) is 0 Å². The highest BCUT2D eigenvalue weighted by Gasteiger charge is 2.28. The number of hydrogen-bond donors (Lipinski definition) is 1. The SMILES string of the molecule is CCN1CCC(N(C(N)=O)c2cccnc2Cl)CC1. The number of anilines is 1. The molecule has 0 saturated carbocycles. The Bertz CT molecular complexity index is 446. The minimum Gasteiger partial charge on any atom is -0.351 e. The molecule has 19 heavy (non-hydrogen) atoms. The van der Waals surface area contributed by atoms with Gasteiger partial charge in [-0.15, -0.1) is 0 Å². The molecule has 0 radical (unpaired) electrons. The van der Waals surface area contributed by atoms with Crippen LogP contribution in [0.4, 0.5) is 10.5 Å². The van der Waals surface area contributed by atoms with Gasteiger partial charge in [0.1, 0.15) is 0 Å². The summed E-state index contributed by atoms with van der Waals surface area (Å²) in [5.41, 5.74) is 6.13. The van der Waals surface area contributed by atoms with Gasteiger partial charge in [0.2, 0.25) is 0 Å². The summed E-state index contributed by atoms with van der Waals surface area (Å²) >= 11 is 6.07. The van der Waals surface area contributed by atoms with Gasteiger partial charge in [0.25, 0.3) is 0 Å². The fourth-order valence-electron chi connectivity index (χ4n) is 2.55. The molecule has 1 aromatic rings. The van der Waals surface area contributed by atoms with Gasteiger partial charge in [-0.1, -0.05) is 18.5 Å². The molecule has 0 spiro atoms. The van der Waals surface area contributed by atoms with E-state index in [0.29, 0.717) is 10.8 Å². The maximum atomic E-state index is 11.8. The van der Waals surface area contributed by atoms with Gasteiger partial charge in [0.15, 0.2) is 5.15 Å². The Hall–Kier alpha value is -1.33. The van der Waals surface area contributed by atoms with E-state index in [1.807, 2.05) is 0 Å². The molecule has 0 aromatic carbocycles. The van der Waals surface area contributed by atoms with Gasteiger partial charge in [-0.3, -0.25) is 4.90 Å². The van der Waals surface area contributed by atoms with Gasteiger partial charge >= 0.3 is 6.03 Å². The van der Waals surface area contributed by atoms with Crippen molar-refractivity contribution in [2.24, 2.45) is 5.73 Å². The number of rotatable bonds is 3. The third kappa shape index (κ3) is 3.16. The number of carbonyl (C=O) groups excluding carboxylic acids is 1. The first-order valence-corrected chi connectivity index (χ1v) is 6.92. The lowest BCUT2D eigenvalue weighted by Crippen LogP contribution is -2.49. The quantitative estimate of drug-likeness (QED) is 0.864. The van der Waals surface area contributed by atoms with Gasteiger partial charge in [-0.2, -0.15) is 0 Å². The van der Waals surface area contributed by atoms with Crippen molar-refractivity contribution in [1.82, 2.24) is 9.88 Å². The Labute approximate surface area is 118 Å². The average molecular weight is 283 g/mol. The van der Waals surface area contributed by atoms with Crippen LogP contribution in [0.3, 0.4) is 0 Å². The minimum absolute atomic E-state index is 0.0991. The van der Waals surface area contributed by atoms with Crippen LogP contribution in [0.15, 0.2) is 18.3 Å². The Kier molecular flexibility index (Phi) is 4.61. The zero-order chi connectivity index (χ0) is 13.8. The van der Waals surface area contributed by atoms with Gasteiger partial charge in [-0.25, -0.2) is 9.78 Å². The minimum atomic E-state index is -0.468. The van der Waals surface area contributed by atoms with Gasteiger partial charge in [-0.05, 0) is 31.5 Å². The standard InChI is InChI=1S/C13H19ClN4O/c1-2-17-8-5-10(6-9-17)18(13(15)19)11-4-3-7-16-12(11)14/h3-4,7,10H,2,5-6,8-9H2,1H3,(H2,15,19). The zero-order valence-corrected chi connectivity index (χ0v) is 11.8. The topological polar surface area (TPSA) is 62.5 Å². The number of nitrogens with two attached hydrogens (primary N) is 1. The number of urea groups is 1. The van der Waals surface area contributed by atoms with E-state index in [1.54, 1.807) is 23.2 Å². The third-order valence-corrected chi connectivity index (χ3v) is 3.90. The van der Waals surface area contributed by atoms with Crippen molar-refractivity contribution in [3.8, 4) is 0 Å². The molecule has 2 N–H and O–H groups in total. The van der Waals surface area contributed by atoms with Crippen molar-refractivity contribution in [1.29, 1.82) is 0 Å². The second kappa shape index (κ2) is 6.21. The summed E-state index contributed by atoms with van der Waals surface area (Å²) in [5.74, 6) is 0. The fraction of sp³-hybridized carbons (Fsp3) is 0.538. The van der Waals surface area contributed by atoms with E-state index in [1.165, 1.54) is 0 Å². The molecule has 1 saturated heterocycles. The Morgan fingerprint density at radius 2 is 2.26 bits per heavy atom. The number of carbonyl (C=O) groups is 1. The van der Waals surface area contributed by atoms with Crippen molar-refractivity contribution in [2.75, 3.05) is 24.5 Å². The number of primary amides is 1. The lowest BCUT2D eigenvalue weighted by Gasteiger charge is -2.37. The highest BCUT2D eigenvalue weighted by atomic mass is 35.5. The lowest BCUT2D eigenvalue weighted by atomic mass is 10.0. The van der Waals surface area contributed by atoms with Crippen LogP contribution < -0.4 is 10.6 Å². The summed E-state index contributed by atoms with van der Waals surface area (Å²) in [7, 11) is 0. The molecule has 1 aromatic heterocycles. The third-order valence-electron chi connectivity index (χ3n) is 3.61. The molecule has 0 aliphatic carbocycles. The smallest absolute Gasteiger partial charge is 0.319 e. The molecular formula is C13H19ClN4O. The van der Waals surface area contributed by atoms with Crippen molar-refractivity contribution in [3.63, 3.8) is 0 Å². The average Bonchev–Trinajstić information content (AvgIpc) is 2.42. The lowest BCUT2D eigenvalue weighted by molar-refractivity contribution is 0.213. The summed E-state index contributed by atoms with van der Waals surface area (Å²) in [5, 5.41) is 0.319. The predicted molar refractivity (Wildman–Crippen MR) is 76.4 cm³/mol. The fourth-order valence-corrected chi connectivity index (χ4v) is 2.76. The number of pyridine rings is 1. The largest absolute Gasteiger partial charge is 0.351 e. The van der Waals surface area contributed by atoms with Crippen LogP contribution in [-0.4, -0.2) is 41.6 Å². The maximum absolute atomic E-state index is 11.8. The van der Waals surface area contributed by atoms with Crippen LogP contribution >= 0.6 is 11.6 Å². The van der Waals surface area contributed by atoms with Gasteiger partial charge < -0.3 is 10.6 Å². The molecule has 0 unspecified atom stereocenters. The zero-order valence-electron chi connectivity index (χ0n) is 11.1. The van der Waals surface area contributed by atoms with Crippen LogP contribution in [0.25, 0.3) is 0 Å². The number of aromatic nitrogens is 1. The van der Waals surface area contributed by atoms with E-state index in [-0.39, 0.29) is 6.04 Å². The molecule has 2 heterocycles. The summed E-state index contributed by atoms with van der Waals surface area (Å²) < 4.78 is 0. The molecule has 0 atom stereocenters. The predicted octanol–water partition coefficient (Wildman–Crippen LogP) is 2.10. The Balaban J connectivity index is 2.18. The summed E-state index contributed by atoms with van der Waals surface area (Å²) in [6.45, 7) is 5.13. The molecule has 1 fully saturated rings. The molecule has 2 amide bonds. The highest BCUT2D eigenvalue weighted by Crippen LogP contribution is 2.28. The van der Waals surface area contributed by atoms with Crippen molar-refractivity contribution in [3.05, 3.63) is 23.5 Å². The van der Waals surface area contributed by atoms with E-state index < -0.39 is 6.03 Å². The summed E-state index contributed by atoms with van der Waals surface area (Å²) in [6, 6.07) is 3.18. The van der Waals surface area contributed by atoms with E-state index in [2.05, 4.69) is 16.8 Å². The normalized spacial score (nSPS) is 17.4. The van der Waals surface area contributed by atoms with Crippen molar-refractivity contribution >= 4 is 23.3 Å². The molecule has 2 rings (SSSR count). The first kappa shape index (κ1) is 14.1. The number of halogens is 1. The number of amides is 2. The molecule has 6 heteroatoms. The monoisotopic (exact) mass is 282 g/mol. The molecule has 5 nitrogen and oxygen atoms in total. The number of piperidine rings is 1. The van der Waals surface area contributed by atoms with Crippen LogP contribution in [0, 0.1) is 0 Å². The van der Waals surface area contributed by atoms with E-state index >= 15 is 0 Å². The summed E-state index contributed by atoms with van der Waals surface area (Å²) in [6.07, 6.45) is 3.41. The van der Waals surface area contributed by atoms with Gasteiger partial charge in [0.05, 0.1) is 5.69 Å². The molecule has 0 bridgehead atoms. The first-order chi connectivity index (χ1) is 9.13. The van der Waals surface area contributed by atoms with Crippen molar-refractivity contribution < 1.29 is 4.79 Å². The van der Waals surface area contributed by atoms with Crippen LogP contribution in [0.1, 0.15) is 19.8 Å². The molecular weight excluding hydrogens is 264 g/mol. The van der Waals surface area contributed by atoms with E-state index in [4.69, 9.17) is 17.3 Å². The molecule has 1 aliphatic rings. The first-order valence-electron chi connectivity index (χ1n) is 6.55. The second-order valence-corrected chi connectivity index (χ2v) is 5.05. The highest BCUT2D eigenvalue weighted by molar-refractivity contribution is 6.32. The van der Waals surface area contributed by atoms with Crippen LogP contribution in [0.2, 0.25) is 5.15 Å². The molecule has 104 valence electrons. The van der Waals surface area contributed by atoms with E-state index in [9.17, 15) is 4.79 Å². The van der Waals surface area contributed by atoms with Gasteiger partial charge in [0, 0.05) is 25.3 Å².